The Morgan fingerprint density at radius 3 is 2.88 bits per heavy atom. The number of rotatable bonds is 7. The average Bonchev–Trinajstić information content (AvgIpc) is 2.65. The van der Waals surface area contributed by atoms with Crippen molar-refractivity contribution in [3.05, 3.63) is 51.7 Å². The summed E-state index contributed by atoms with van der Waals surface area (Å²) in [6, 6.07) is 11.8. The third-order valence-electron chi connectivity index (χ3n) is 3.82. The molecule has 25 heavy (non-hydrogen) atoms. The molecule has 0 radical (unpaired) electrons. The van der Waals surface area contributed by atoms with Gasteiger partial charge in [0.1, 0.15) is 12.4 Å². The van der Waals surface area contributed by atoms with E-state index in [1.54, 1.807) is 6.20 Å². The van der Waals surface area contributed by atoms with E-state index >= 15 is 0 Å². The molecule has 1 saturated heterocycles. The SMILES string of the molecule is Ic1ccc(N=NCc2cccc(OCCN3CCOCC3)c2)nc1. The second-order valence-electron chi connectivity index (χ2n) is 5.68. The monoisotopic (exact) mass is 452 g/mol. The van der Waals surface area contributed by atoms with Crippen LogP contribution in [0, 0.1) is 3.57 Å². The van der Waals surface area contributed by atoms with Gasteiger partial charge in [0.15, 0.2) is 5.82 Å². The van der Waals surface area contributed by atoms with E-state index in [1.165, 1.54) is 0 Å². The number of benzene rings is 1. The highest BCUT2D eigenvalue weighted by molar-refractivity contribution is 14.1. The molecule has 0 bridgehead atoms. The van der Waals surface area contributed by atoms with Crippen LogP contribution in [-0.2, 0) is 11.3 Å². The second kappa shape index (κ2) is 9.79. The Labute approximate surface area is 161 Å². The van der Waals surface area contributed by atoms with Gasteiger partial charge in [0.2, 0.25) is 0 Å². The number of halogens is 1. The molecule has 6 nitrogen and oxygen atoms in total. The summed E-state index contributed by atoms with van der Waals surface area (Å²) < 4.78 is 12.3. The zero-order valence-corrected chi connectivity index (χ0v) is 16.1. The first kappa shape index (κ1) is 18.2. The lowest BCUT2D eigenvalue weighted by atomic mass is 10.2. The van der Waals surface area contributed by atoms with Crippen molar-refractivity contribution in [1.82, 2.24) is 9.88 Å². The lowest BCUT2D eigenvalue weighted by molar-refractivity contribution is 0.0322. The first-order valence-corrected chi connectivity index (χ1v) is 9.38. The van der Waals surface area contributed by atoms with Crippen molar-refractivity contribution >= 4 is 28.4 Å². The van der Waals surface area contributed by atoms with Crippen molar-refractivity contribution in [2.45, 2.75) is 6.54 Å². The largest absolute Gasteiger partial charge is 0.492 e. The van der Waals surface area contributed by atoms with E-state index in [0.717, 1.165) is 47.7 Å². The number of aromatic nitrogens is 1. The molecule has 0 amide bonds. The van der Waals surface area contributed by atoms with Crippen LogP contribution in [0.3, 0.4) is 0 Å². The van der Waals surface area contributed by atoms with E-state index in [9.17, 15) is 0 Å². The first-order valence-electron chi connectivity index (χ1n) is 8.30. The van der Waals surface area contributed by atoms with Gasteiger partial charge < -0.3 is 9.47 Å². The van der Waals surface area contributed by atoms with E-state index in [1.807, 2.05) is 36.4 Å². The van der Waals surface area contributed by atoms with Crippen LogP contribution in [0.4, 0.5) is 5.82 Å². The Balaban J connectivity index is 1.46. The predicted molar refractivity (Wildman–Crippen MR) is 104 cm³/mol. The van der Waals surface area contributed by atoms with Gasteiger partial charge >= 0.3 is 0 Å². The van der Waals surface area contributed by atoms with Gasteiger partial charge in [-0.05, 0) is 52.4 Å². The molecule has 3 rings (SSSR count). The number of ether oxygens (including phenoxy) is 2. The molecule has 0 unspecified atom stereocenters. The maximum Gasteiger partial charge on any atom is 0.173 e. The molecule has 0 N–H and O–H groups in total. The molecule has 1 aliphatic heterocycles. The number of nitrogens with zero attached hydrogens (tertiary/aromatic N) is 4. The lowest BCUT2D eigenvalue weighted by Gasteiger charge is -2.26. The fraction of sp³-hybridized carbons (Fsp3) is 0.389. The van der Waals surface area contributed by atoms with Gasteiger partial charge in [-0.15, -0.1) is 5.11 Å². The molecule has 2 heterocycles. The standard InChI is InChI=1S/C18H21IN4O2/c19-16-4-5-18(20-14-16)22-21-13-15-2-1-3-17(12-15)25-11-8-23-6-9-24-10-7-23/h1-5,12,14H,6-11,13H2. The molecule has 0 saturated carbocycles. The fourth-order valence-electron chi connectivity index (χ4n) is 2.47. The maximum absolute atomic E-state index is 5.86. The normalized spacial score (nSPS) is 15.6. The highest BCUT2D eigenvalue weighted by Crippen LogP contribution is 2.16. The third kappa shape index (κ3) is 6.33. The number of pyridine rings is 1. The second-order valence-corrected chi connectivity index (χ2v) is 6.93. The Morgan fingerprint density at radius 2 is 2.08 bits per heavy atom. The van der Waals surface area contributed by atoms with Gasteiger partial charge in [0, 0.05) is 29.4 Å². The van der Waals surface area contributed by atoms with Crippen molar-refractivity contribution in [2.24, 2.45) is 10.2 Å². The topological polar surface area (TPSA) is 59.3 Å². The van der Waals surface area contributed by atoms with Crippen LogP contribution in [0.25, 0.3) is 0 Å². The average molecular weight is 452 g/mol. The van der Waals surface area contributed by atoms with Gasteiger partial charge in [-0.25, -0.2) is 4.98 Å². The van der Waals surface area contributed by atoms with Crippen molar-refractivity contribution in [1.29, 1.82) is 0 Å². The molecule has 0 aliphatic carbocycles. The zero-order valence-electron chi connectivity index (χ0n) is 14.0. The highest BCUT2D eigenvalue weighted by Gasteiger charge is 2.09. The first-order chi connectivity index (χ1) is 12.3. The van der Waals surface area contributed by atoms with Crippen molar-refractivity contribution in [3.63, 3.8) is 0 Å². The molecule has 1 aliphatic rings. The van der Waals surface area contributed by atoms with E-state index in [2.05, 4.69) is 42.7 Å². The fourth-order valence-corrected chi connectivity index (χ4v) is 2.79. The van der Waals surface area contributed by atoms with Gasteiger partial charge in [-0.1, -0.05) is 12.1 Å². The van der Waals surface area contributed by atoms with Gasteiger partial charge in [0.25, 0.3) is 0 Å². The Bertz CT molecular complexity index is 688. The molecule has 1 aromatic heterocycles. The zero-order chi connectivity index (χ0) is 17.3. The Kier molecular flexibility index (Phi) is 7.13. The molecule has 1 aromatic carbocycles. The van der Waals surface area contributed by atoms with Gasteiger partial charge in [0.05, 0.1) is 19.8 Å². The molecule has 132 valence electrons. The minimum absolute atomic E-state index is 0.508. The molecule has 2 aromatic rings. The minimum atomic E-state index is 0.508. The van der Waals surface area contributed by atoms with Crippen molar-refractivity contribution < 1.29 is 9.47 Å². The van der Waals surface area contributed by atoms with E-state index in [0.29, 0.717) is 19.0 Å². The smallest absolute Gasteiger partial charge is 0.173 e. The molecule has 7 heteroatoms. The number of morpholine rings is 1. The minimum Gasteiger partial charge on any atom is -0.492 e. The Hall–Kier alpha value is -1.58. The van der Waals surface area contributed by atoms with Gasteiger partial charge in [-0.3, -0.25) is 4.90 Å². The molecular weight excluding hydrogens is 431 g/mol. The van der Waals surface area contributed by atoms with Crippen molar-refractivity contribution in [2.75, 3.05) is 39.5 Å². The molecule has 0 spiro atoms. The quantitative estimate of drug-likeness (QED) is 0.475. The number of azo groups is 1. The van der Waals surface area contributed by atoms with Crippen LogP contribution in [0.15, 0.2) is 52.8 Å². The van der Waals surface area contributed by atoms with Crippen LogP contribution in [0.5, 0.6) is 5.75 Å². The summed E-state index contributed by atoms with van der Waals surface area (Å²) in [5.41, 5.74) is 1.07. The van der Waals surface area contributed by atoms with E-state index in [4.69, 9.17) is 9.47 Å². The van der Waals surface area contributed by atoms with Crippen LogP contribution < -0.4 is 4.74 Å². The van der Waals surface area contributed by atoms with Crippen LogP contribution in [0.2, 0.25) is 0 Å². The van der Waals surface area contributed by atoms with Crippen LogP contribution >= 0.6 is 22.6 Å². The van der Waals surface area contributed by atoms with Crippen molar-refractivity contribution in [3.8, 4) is 5.75 Å². The number of hydrogen-bond donors (Lipinski definition) is 0. The summed E-state index contributed by atoms with van der Waals surface area (Å²) in [6.45, 7) is 5.70. The lowest BCUT2D eigenvalue weighted by Crippen LogP contribution is -2.38. The van der Waals surface area contributed by atoms with Gasteiger partial charge in [-0.2, -0.15) is 5.11 Å². The maximum atomic E-state index is 5.86. The summed E-state index contributed by atoms with van der Waals surface area (Å²) in [5.74, 6) is 1.49. The van der Waals surface area contributed by atoms with E-state index < -0.39 is 0 Å². The molecular formula is C18H21IN4O2. The Morgan fingerprint density at radius 1 is 1.20 bits per heavy atom. The van der Waals surface area contributed by atoms with Crippen LogP contribution in [0.1, 0.15) is 5.56 Å². The molecule has 0 atom stereocenters. The summed E-state index contributed by atoms with van der Waals surface area (Å²) >= 11 is 2.21. The highest BCUT2D eigenvalue weighted by atomic mass is 127. The van der Waals surface area contributed by atoms with Crippen LogP contribution in [-0.4, -0.2) is 49.3 Å². The predicted octanol–water partition coefficient (Wildman–Crippen LogP) is 3.68. The summed E-state index contributed by atoms with van der Waals surface area (Å²) in [4.78, 5) is 6.56. The summed E-state index contributed by atoms with van der Waals surface area (Å²) in [7, 11) is 0. The third-order valence-corrected chi connectivity index (χ3v) is 4.45. The number of hydrogen-bond acceptors (Lipinski definition) is 6. The summed E-state index contributed by atoms with van der Waals surface area (Å²) in [5, 5.41) is 8.37. The molecule has 1 fully saturated rings. The van der Waals surface area contributed by atoms with E-state index in [-0.39, 0.29) is 0 Å². The summed E-state index contributed by atoms with van der Waals surface area (Å²) in [6.07, 6.45) is 1.78.